The van der Waals surface area contributed by atoms with Crippen molar-refractivity contribution in [1.82, 2.24) is 4.98 Å². The Morgan fingerprint density at radius 3 is 2.11 bits per heavy atom. The van der Waals surface area contributed by atoms with Crippen LogP contribution in [0, 0.1) is 11.3 Å². The van der Waals surface area contributed by atoms with Gasteiger partial charge in [-0.3, -0.25) is 14.4 Å². The van der Waals surface area contributed by atoms with Gasteiger partial charge in [0.05, 0.1) is 49.1 Å². The monoisotopic (exact) mass is 747 g/mol. The first-order chi connectivity index (χ1) is 25.6. The minimum absolute atomic E-state index is 0.127. The standard InChI is InChI=1S/C40H30ClN3O8S/c1-49-33-17-26(18-34(50-2)37(33)51-3)29-19-31(23-7-5-4-6-8-23)43-38(30(29)21-42)53-35-20-36(46)44(39(35)47)28-15-11-25(12-16-28)40(48)52-22-32(45)24-9-13-27(41)14-10-24/h4-19,35H,20,22H2,1-3H3. The number of ketones is 1. The number of benzene rings is 4. The molecule has 0 aliphatic carbocycles. The number of nitrogens with zero attached hydrogens (tertiary/aromatic N) is 3. The van der Waals surface area contributed by atoms with Crippen LogP contribution in [0.5, 0.6) is 17.2 Å². The molecular formula is C40H30ClN3O8S. The van der Waals surface area contributed by atoms with Crippen molar-refractivity contribution in [3.63, 3.8) is 0 Å². The number of pyridine rings is 1. The van der Waals surface area contributed by atoms with Crippen molar-refractivity contribution < 1.29 is 38.1 Å². The predicted molar refractivity (Wildman–Crippen MR) is 199 cm³/mol. The lowest BCUT2D eigenvalue weighted by atomic mass is 9.98. The number of anilines is 1. The number of nitriles is 1. The summed E-state index contributed by atoms with van der Waals surface area (Å²) in [7, 11) is 4.49. The molecule has 5 aromatic rings. The number of halogens is 1. The average Bonchev–Trinajstić information content (AvgIpc) is 3.47. The van der Waals surface area contributed by atoms with E-state index in [9.17, 15) is 24.4 Å². The third-order valence-electron chi connectivity index (χ3n) is 8.36. The van der Waals surface area contributed by atoms with Crippen LogP contribution in [0.15, 0.2) is 102 Å². The molecule has 0 saturated carbocycles. The summed E-state index contributed by atoms with van der Waals surface area (Å²) >= 11 is 6.90. The number of carbonyl (C=O) groups is 4. The van der Waals surface area contributed by atoms with Crippen molar-refractivity contribution >= 4 is 52.6 Å². The molecule has 1 aliphatic rings. The largest absolute Gasteiger partial charge is 0.493 e. The van der Waals surface area contributed by atoms with Gasteiger partial charge in [0.15, 0.2) is 23.9 Å². The van der Waals surface area contributed by atoms with Crippen molar-refractivity contribution in [3.8, 4) is 45.7 Å². The molecule has 0 spiro atoms. The van der Waals surface area contributed by atoms with E-state index in [0.29, 0.717) is 44.7 Å². The Kier molecular flexibility index (Phi) is 11.1. The fourth-order valence-electron chi connectivity index (χ4n) is 5.72. The van der Waals surface area contributed by atoms with E-state index in [4.69, 9.17) is 35.5 Å². The second kappa shape index (κ2) is 16.0. The molecule has 4 aromatic carbocycles. The molecular weight excluding hydrogens is 718 g/mol. The van der Waals surface area contributed by atoms with E-state index >= 15 is 0 Å². The molecule has 1 fully saturated rings. The zero-order chi connectivity index (χ0) is 37.6. The number of Topliss-reactive ketones (excluding diaryl/α,β-unsaturated/α-hetero) is 1. The van der Waals surface area contributed by atoms with Crippen LogP contribution >= 0.6 is 23.4 Å². The van der Waals surface area contributed by atoms with Gasteiger partial charge in [-0.1, -0.05) is 53.7 Å². The van der Waals surface area contributed by atoms with Crippen LogP contribution in [0.1, 0.15) is 32.7 Å². The molecule has 2 amide bonds. The highest BCUT2D eigenvalue weighted by Gasteiger charge is 2.41. The van der Waals surface area contributed by atoms with E-state index in [0.717, 1.165) is 22.2 Å². The highest BCUT2D eigenvalue weighted by Crippen LogP contribution is 2.44. The van der Waals surface area contributed by atoms with Crippen LogP contribution in [0.4, 0.5) is 5.69 Å². The van der Waals surface area contributed by atoms with Gasteiger partial charge in [-0.15, -0.1) is 0 Å². The highest BCUT2D eigenvalue weighted by molar-refractivity contribution is 8.00. The molecule has 11 nitrogen and oxygen atoms in total. The number of rotatable bonds is 12. The molecule has 266 valence electrons. The minimum Gasteiger partial charge on any atom is -0.493 e. The van der Waals surface area contributed by atoms with E-state index in [1.165, 1.54) is 57.7 Å². The van der Waals surface area contributed by atoms with Gasteiger partial charge >= 0.3 is 5.97 Å². The third-order valence-corrected chi connectivity index (χ3v) is 9.79. The Labute approximate surface area is 314 Å². The molecule has 2 heterocycles. The summed E-state index contributed by atoms with van der Waals surface area (Å²) in [5, 5.41) is 10.3. The Morgan fingerprint density at radius 1 is 0.868 bits per heavy atom. The smallest absolute Gasteiger partial charge is 0.338 e. The molecule has 13 heteroatoms. The van der Waals surface area contributed by atoms with E-state index in [1.807, 2.05) is 30.3 Å². The first-order valence-corrected chi connectivity index (χ1v) is 17.3. The molecule has 0 bridgehead atoms. The van der Waals surface area contributed by atoms with Crippen molar-refractivity contribution in [2.75, 3.05) is 32.8 Å². The Morgan fingerprint density at radius 2 is 1.51 bits per heavy atom. The number of hydrogen-bond donors (Lipinski definition) is 0. The fourth-order valence-corrected chi connectivity index (χ4v) is 6.97. The Bertz CT molecular complexity index is 2230. The first kappa shape index (κ1) is 36.6. The predicted octanol–water partition coefficient (Wildman–Crippen LogP) is 7.43. The number of esters is 1. The van der Waals surface area contributed by atoms with E-state index in [1.54, 1.807) is 30.3 Å². The topological polar surface area (TPSA) is 145 Å². The molecule has 53 heavy (non-hydrogen) atoms. The summed E-state index contributed by atoms with van der Waals surface area (Å²) in [5.74, 6) is -0.960. The molecule has 1 aliphatic heterocycles. The number of thioether (sulfide) groups is 1. The molecule has 1 saturated heterocycles. The normalized spacial score (nSPS) is 13.7. The van der Waals surface area contributed by atoms with Gasteiger partial charge in [0, 0.05) is 28.1 Å². The second-order valence-corrected chi connectivity index (χ2v) is 13.2. The summed E-state index contributed by atoms with van der Waals surface area (Å²) in [6.45, 7) is -0.477. The molecule has 0 radical (unpaired) electrons. The van der Waals surface area contributed by atoms with Gasteiger partial charge in [-0.25, -0.2) is 14.7 Å². The van der Waals surface area contributed by atoms with Crippen LogP contribution in [-0.4, -0.2) is 61.7 Å². The summed E-state index contributed by atoms with van der Waals surface area (Å²) in [5.41, 5.74) is 3.33. The Hall–Kier alpha value is -6.16. The number of methoxy groups -OCH3 is 3. The summed E-state index contributed by atoms with van der Waals surface area (Å²) in [6, 6.07) is 28.8. The SMILES string of the molecule is COc1cc(-c2cc(-c3ccccc3)nc(SC3CC(=O)N(c4ccc(C(=O)OCC(=O)c5ccc(Cl)cc5)cc4)C3=O)c2C#N)cc(OC)c1OC. The molecule has 1 unspecified atom stereocenters. The maximum Gasteiger partial charge on any atom is 0.338 e. The van der Waals surface area contributed by atoms with Crippen molar-refractivity contribution in [1.29, 1.82) is 5.26 Å². The van der Waals surface area contributed by atoms with E-state index < -0.39 is 35.4 Å². The lowest BCUT2D eigenvalue weighted by Crippen LogP contribution is -2.31. The third kappa shape index (κ3) is 7.72. The highest BCUT2D eigenvalue weighted by atomic mass is 35.5. The molecule has 6 rings (SSSR count). The Balaban J connectivity index is 1.26. The lowest BCUT2D eigenvalue weighted by molar-refractivity contribution is -0.121. The number of carbonyl (C=O) groups excluding carboxylic acids is 4. The van der Waals surface area contributed by atoms with Crippen molar-refractivity contribution in [2.45, 2.75) is 16.7 Å². The zero-order valence-corrected chi connectivity index (χ0v) is 30.2. The van der Waals surface area contributed by atoms with Crippen LogP contribution in [0.2, 0.25) is 5.02 Å². The lowest BCUT2D eigenvalue weighted by Gasteiger charge is -2.18. The second-order valence-electron chi connectivity index (χ2n) is 11.6. The van der Waals surface area contributed by atoms with Gasteiger partial charge in [0.25, 0.3) is 0 Å². The minimum atomic E-state index is -0.899. The van der Waals surface area contributed by atoms with Gasteiger partial charge in [-0.05, 0) is 72.3 Å². The summed E-state index contributed by atoms with van der Waals surface area (Å²) in [4.78, 5) is 58.1. The van der Waals surface area contributed by atoms with E-state index in [2.05, 4.69) is 6.07 Å². The quantitative estimate of drug-likeness (QED) is 0.0714. The van der Waals surface area contributed by atoms with Crippen LogP contribution in [0.25, 0.3) is 22.4 Å². The summed E-state index contributed by atoms with van der Waals surface area (Å²) < 4.78 is 21.8. The van der Waals surface area contributed by atoms with Crippen molar-refractivity contribution in [3.05, 3.63) is 119 Å². The number of hydrogen-bond acceptors (Lipinski definition) is 11. The molecule has 0 N–H and O–H groups in total. The summed E-state index contributed by atoms with van der Waals surface area (Å²) in [6.07, 6.45) is -0.151. The number of ether oxygens (including phenoxy) is 4. The number of amides is 2. The van der Waals surface area contributed by atoms with Crippen LogP contribution in [-0.2, 0) is 14.3 Å². The maximum atomic E-state index is 13.8. The van der Waals surface area contributed by atoms with Crippen LogP contribution in [0.3, 0.4) is 0 Å². The first-order valence-electron chi connectivity index (χ1n) is 16.1. The molecule has 1 aromatic heterocycles. The fraction of sp³-hybridized carbons (Fsp3) is 0.150. The maximum absolute atomic E-state index is 13.8. The van der Waals surface area contributed by atoms with Gasteiger partial charge in [-0.2, -0.15) is 5.26 Å². The number of imide groups is 1. The molecule has 1 atom stereocenters. The average molecular weight is 748 g/mol. The van der Waals surface area contributed by atoms with E-state index in [-0.39, 0.29) is 28.3 Å². The van der Waals surface area contributed by atoms with Crippen molar-refractivity contribution in [2.24, 2.45) is 0 Å². The van der Waals surface area contributed by atoms with Gasteiger partial charge in [0.2, 0.25) is 17.6 Å². The van der Waals surface area contributed by atoms with Gasteiger partial charge in [0.1, 0.15) is 11.1 Å². The zero-order valence-electron chi connectivity index (χ0n) is 28.6. The number of aromatic nitrogens is 1. The van der Waals surface area contributed by atoms with Crippen LogP contribution < -0.4 is 19.1 Å². The van der Waals surface area contributed by atoms with Gasteiger partial charge < -0.3 is 18.9 Å².